The number of hydrogen-bond acceptors (Lipinski definition) is 3. The average molecular weight is 336 g/mol. The van der Waals surface area contributed by atoms with Crippen LogP contribution in [0.4, 0.5) is 0 Å². The Kier molecular flexibility index (Phi) is 5.39. The molecule has 0 radical (unpaired) electrons. The number of aromatic nitrogens is 1. The smallest absolute Gasteiger partial charge is 0.251 e. The Labute approximate surface area is 146 Å². The van der Waals surface area contributed by atoms with Crippen molar-refractivity contribution >= 4 is 17.2 Å². The summed E-state index contributed by atoms with van der Waals surface area (Å²) in [5, 5.41) is 4.03. The van der Waals surface area contributed by atoms with Crippen LogP contribution < -0.4 is 5.32 Å². The summed E-state index contributed by atoms with van der Waals surface area (Å²) in [5.74, 6) is -0.0339. The van der Waals surface area contributed by atoms with Gasteiger partial charge >= 0.3 is 0 Å². The molecular formula is C20H20N2OS. The van der Waals surface area contributed by atoms with Gasteiger partial charge in [0, 0.05) is 29.8 Å². The lowest BCUT2D eigenvalue weighted by molar-refractivity contribution is 0.0954. The number of carbonyl (C=O) groups is 1. The van der Waals surface area contributed by atoms with Gasteiger partial charge < -0.3 is 5.32 Å². The fourth-order valence-electron chi connectivity index (χ4n) is 2.52. The Morgan fingerprint density at radius 2 is 1.71 bits per heavy atom. The summed E-state index contributed by atoms with van der Waals surface area (Å²) < 4.78 is 0. The maximum absolute atomic E-state index is 12.0. The maximum Gasteiger partial charge on any atom is 0.251 e. The van der Waals surface area contributed by atoms with Crippen molar-refractivity contribution in [3.05, 3.63) is 87.4 Å². The van der Waals surface area contributed by atoms with Crippen molar-refractivity contribution < 1.29 is 4.79 Å². The van der Waals surface area contributed by atoms with Crippen molar-refractivity contribution in [2.75, 3.05) is 6.54 Å². The monoisotopic (exact) mass is 336 g/mol. The van der Waals surface area contributed by atoms with E-state index >= 15 is 0 Å². The van der Waals surface area contributed by atoms with Gasteiger partial charge in [0.2, 0.25) is 0 Å². The third-order valence-electron chi connectivity index (χ3n) is 3.80. The largest absolute Gasteiger partial charge is 0.352 e. The second-order valence-corrected chi connectivity index (χ2v) is 6.82. The van der Waals surface area contributed by atoms with E-state index in [9.17, 15) is 4.79 Å². The van der Waals surface area contributed by atoms with E-state index < -0.39 is 0 Å². The highest BCUT2D eigenvalue weighted by atomic mass is 32.1. The molecule has 1 aromatic heterocycles. The maximum atomic E-state index is 12.0. The molecule has 0 atom stereocenters. The minimum atomic E-state index is -0.0339. The minimum absolute atomic E-state index is 0.0339. The van der Waals surface area contributed by atoms with Crippen LogP contribution in [0.15, 0.2) is 60.7 Å². The van der Waals surface area contributed by atoms with E-state index in [0.29, 0.717) is 12.1 Å². The molecule has 1 amide bonds. The van der Waals surface area contributed by atoms with Gasteiger partial charge in [-0.25, -0.2) is 4.98 Å². The molecule has 3 rings (SSSR count). The van der Waals surface area contributed by atoms with E-state index in [2.05, 4.69) is 41.5 Å². The van der Waals surface area contributed by atoms with Crippen molar-refractivity contribution in [1.82, 2.24) is 10.3 Å². The summed E-state index contributed by atoms with van der Waals surface area (Å²) in [6.07, 6.45) is 1.68. The van der Waals surface area contributed by atoms with E-state index in [1.807, 2.05) is 36.4 Å². The number of rotatable bonds is 6. The molecule has 2 aromatic carbocycles. The van der Waals surface area contributed by atoms with Gasteiger partial charge in [-0.15, -0.1) is 11.3 Å². The summed E-state index contributed by atoms with van der Waals surface area (Å²) in [6.45, 7) is 2.66. The first-order valence-corrected chi connectivity index (χ1v) is 8.86. The zero-order valence-electron chi connectivity index (χ0n) is 13.7. The standard InChI is InChI=1S/C20H20N2OS/c1-15-18(14-16-8-4-2-5-9-16)24-19(22-15)12-13-21-20(23)17-10-6-3-7-11-17/h2-11H,12-14H2,1H3,(H,21,23). The molecule has 0 spiro atoms. The van der Waals surface area contributed by atoms with Gasteiger partial charge in [0.05, 0.1) is 10.7 Å². The number of benzene rings is 2. The van der Waals surface area contributed by atoms with E-state index in [0.717, 1.165) is 23.5 Å². The predicted molar refractivity (Wildman–Crippen MR) is 98.6 cm³/mol. The fraction of sp³-hybridized carbons (Fsp3) is 0.200. The third kappa shape index (κ3) is 4.30. The first-order valence-electron chi connectivity index (χ1n) is 8.05. The second-order valence-electron chi connectivity index (χ2n) is 5.65. The molecule has 24 heavy (non-hydrogen) atoms. The molecule has 0 saturated heterocycles. The third-order valence-corrected chi connectivity index (χ3v) is 5.02. The van der Waals surface area contributed by atoms with Crippen LogP contribution in [0, 0.1) is 6.92 Å². The summed E-state index contributed by atoms with van der Waals surface area (Å²) in [6, 6.07) is 19.7. The molecule has 0 bridgehead atoms. The van der Waals surface area contributed by atoms with Crippen molar-refractivity contribution in [3.63, 3.8) is 0 Å². The van der Waals surface area contributed by atoms with Gasteiger partial charge in [0.15, 0.2) is 0 Å². The van der Waals surface area contributed by atoms with Crippen LogP contribution in [-0.4, -0.2) is 17.4 Å². The van der Waals surface area contributed by atoms with Crippen LogP contribution in [0.5, 0.6) is 0 Å². The first kappa shape index (κ1) is 16.4. The quantitative estimate of drug-likeness (QED) is 0.739. The molecule has 0 saturated carbocycles. The van der Waals surface area contributed by atoms with Gasteiger partial charge in [0.25, 0.3) is 5.91 Å². The first-order chi connectivity index (χ1) is 11.7. The van der Waals surface area contributed by atoms with Crippen LogP contribution in [0.2, 0.25) is 0 Å². The molecule has 1 N–H and O–H groups in total. The highest BCUT2D eigenvalue weighted by Gasteiger charge is 2.09. The highest BCUT2D eigenvalue weighted by Crippen LogP contribution is 2.21. The van der Waals surface area contributed by atoms with E-state index in [4.69, 9.17) is 0 Å². The molecule has 0 aliphatic carbocycles. The summed E-state index contributed by atoms with van der Waals surface area (Å²) in [4.78, 5) is 18.0. The summed E-state index contributed by atoms with van der Waals surface area (Å²) in [7, 11) is 0. The fourth-order valence-corrected chi connectivity index (χ4v) is 3.62. The number of nitrogens with zero attached hydrogens (tertiary/aromatic N) is 1. The minimum Gasteiger partial charge on any atom is -0.352 e. The normalized spacial score (nSPS) is 10.5. The molecule has 4 heteroatoms. The molecule has 122 valence electrons. The molecule has 1 heterocycles. The van der Waals surface area contributed by atoms with E-state index in [1.165, 1.54) is 10.4 Å². The van der Waals surface area contributed by atoms with E-state index in [-0.39, 0.29) is 5.91 Å². The summed E-state index contributed by atoms with van der Waals surface area (Å²) >= 11 is 1.74. The molecule has 3 nitrogen and oxygen atoms in total. The van der Waals surface area contributed by atoms with Crippen LogP contribution >= 0.6 is 11.3 Å². The molecule has 0 fully saturated rings. The summed E-state index contributed by atoms with van der Waals surface area (Å²) in [5.41, 5.74) is 3.08. The predicted octanol–water partition coefficient (Wildman–Crippen LogP) is 4.01. The lowest BCUT2D eigenvalue weighted by atomic mass is 10.1. The van der Waals surface area contributed by atoms with E-state index in [1.54, 1.807) is 11.3 Å². The number of amides is 1. The topological polar surface area (TPSA) is 42.0 Å². The number of hydrogen-bond donors (Lipinski definition) is 1. The van der Waals surface area contributed by atoms with Gasteiger partial charge in [-0.1, -0.05) is 48.5 Å². The van der Waals surface area contributed by atoms with Gasteiger partial charge in [-0.05, 0) is 24.6 Å². The molecule has 0 aliphatic rings. The van der Waals surface area contributed by atoms with Crippen LogP contribution in [-0.2, 0) is 12.8 Å². The zero-order valence-corrected chi connectivity index (χ0v) is 14.5. The Morgan fingerprint density at radius 3 is 2.42 bits per heavy atom. The van der Waals surface area contributed by atoms with Crippen LogP contribution in [0.25, 0.3) is 0 Å². The highest BCUT2D eigenvalue weighted by molar-refractivity contribution is 7.11. The molecule has 0 unspecified atom stereocenters. The average Bonchev–Trinajstić information content (AvgIpc) is 2.96. The Hall–Kier alpha value is -2.46. The number of aryl methyl sites for hydroxylation is 1. The van der Waals surface area contributed by atoms with Gasteiger partial charge in [-0.2, -0.15) is 0 Å². The SMILES string of the molecule is Cc1nc(CCNC(=O)c2ccccc2)sc1Cc1ccccc1. The molecule has 0 aliphatic heterocycles. The number of thiazole rings is 1. The second kappa shape index (κ2) is 7.88. The Balaban J connectivity index is 1.55. The van der Waals surface area contributed by atoms with Crippen LogP contribution in [0.1, 0.15) is 31.5 Å². The van der Waals surface area contributed by atoms with Crippen molar-refractivity contribution in [2.24, 2.45) is 0 Å². The molecule has 3 aromatic rings. The van der Waals surface area contributed by atoms with Crippen molar-refractivity contribution in [3.8, 4) is 0 Å². The Morgan fingerprint density at radius 1 is 1.04 bits per heavy atom. The van der Waals surface area contributed by atoms with Gasteiger partial charge in [0.1, 0.15) is 0 Å². The number of nitrogens with one attached hydrogen (secondary N) is 1. The lowest BCUT2D eigenvalue weighted by Crippen LogP contribution is -2.25. The van der Waals surface area contributed by atoms with Gasteiger partial charge in [-0.3, -0.25) is 4.79 Å². The van der Waals surface area contributed by atoms with Crippen molar-refractivity contribution in [1.29, 1.82) is 0 Å². The lowest BCUT2D eigenvalue weighted by Gasteiger charge is -2.03. The Bertz CT molecular complexity index is 797. The zero-order chi connectivity index (χ0) is 16.8. The number of carbonyl (C=O) groups excluding carboxylic acids is 1. The molecular weight excluding hydrogens is 316 g/mol. The van der Waals surface area contributed by atoms with Crippen LogP contribution in [0.3, 0.4) is 0 Å². The van der Waals surface area contributed by atoms with Crippen molar-refractivity contribution in [2.45, 2.75) is 19.8 Å².